The Morgan fingerprint density at radius 1 is 1.40 bits per heavy atom. The van der Waals surface area contributed by atoms with E-state index in [0.717, 1.165) is 17.7 Å². The van der Waals surface area contributed by atoms with Crippen LogP contribution in [-0.2, 0) is 6.42 Å². The molecule has 82 valence electrons. The maximum atomic E-state index is 11.5. The maximum absolute atomic E-state index is 11.5. The smallest absolute Gasteiger partial charge is 0.167 e. The van der Waals surface area contributed by atoms with Gasteiger partial charge in [0.05, 0.1) is 13.1 Å². The standard InChI is InChI=1S/C11H16N2O2/c14-8-5-9-1-3-10(4-2-9)11-12-6-7-13(11)15/h1-4,11-14H,5-8H2. The van der Waals surface area contributed by atoms with Crippen LogP contribution in [0.4, 0.5) is 0 Å². The monoisotopic (exact) mass is 208 g/mol. The molecule has 1 aromatic carbocycles. The highest BCUT2D eigenvalue weighted by Gasteiger charge is 2.22. The van der Waals surface area contributed by atoms with E-state index in [-0.39, 0.29) is 17.8 Å². The fourth-order valence-electron chi connectivity index (χ4n) is 1.91. The number of hydrogen-bond acceptors (Lipinski definition) is 3. The lowest BCUT2D eigenvalue weighted by atomic mass is 10.1. The van der Waals surface area contributed by atoms with Crippen molar-refractivity contribution in [3.8, 4) is 0 Å². The van der Waals surface area contributed by atoms with Crippen LogP contribution in [0.1, 0.15) is 17.3 Å². The summed E-state index contributed by atoms with van der Waals surface area (Å²) in [5.74, 6) is 0. The number of aliphatic hydroxyl groups excluding tert-OH is 1. The molecule has 1 saturated heterocycles. The zero-order chi connectivity index (χ0) is 10.7. The van der Waals surface area contributed by atoms with Gasteiger partial charge in [-0.3, -0.25) is 5.32 Å². The summed E-state index contributed by atoms with van der Waals surface area (Å²) in [6.45, 7) is 1.57. The van der Waals surface area contributed by atoms with Crippen LogP contribution in [0, 0.1) is 5.21 Å². The van der Waals surface area contributed by atoms with Crippen molar-refractivity contribution in [1.29, 1.82) is 0 Å². The topological polar surface area (TPSA) is 59.8 Å². The fourth-order valence-corrected chi connectivity index (χ4v) is 1.91. The van der Waals surface area contributed by atoms with E-state index in [4.69, 9.17) is 5.11 Å². The third-order valence-electron chi connectivity index (χ3n) is 2.76. The molecule has 3 N–H and O–H groups in total. The Kier molecular flexibility index (Phi) is 3.33. The van der Waals surface area contributed by atoms with Crippen LogP contribution in [-0.4, -0.2) is 24.8 Å². The van der Waals surface area contributed by atoms with Gasteiger partial charge in [0.25, 0.3) is 0 Å². The summed E-state index contributed by atoms with van der Waals surface area (Å²) in [6, 6.07) is 7.87. The highest BCUT2D eigenvalue weighted by atomic mass is 16.5. The quantitative estimate of drug-likeness (QED) is 0.570. The first-order valence-electron chi connectivity index (χ1n) is 5.27. The van der Waals surface area contributed by atoms with E-state index in [0.29, 0.717) is 13.0 Å². The Morgan fingerprint density at radius 3 is 2.67 bits per heavy atom. The van der Waals surface area contributed by atoms with Gasteiger partial charge in [0, 0.05) is 12.2 Å². The molecule has 2 unspecified atom stereocenters. The molecular formula is C11H16N2O2. The number of hydrogen-bond donors (Lipinski definition) is 3. The van der Waals surface area contributed by atoms with Gasteiger partial charge in [-0.25, -0.2) is 0 Å². The van der Waals surface area contributed by atoms with Crippen LogP contribution in [0.25, 0.3) is 0 Å². The predicted molar refractivity (Wildman–Crippen MR) is 57.2 cm³/mol. The van der Waals surface area contributed by atoms with Gasteiger partial charge in [-0.05, 0) is 12.0 Å². The average molecular weight is 208 g/mol. The number of aliphatic hydroxyl groups is 1. The summed E-state index contributed by atoms with van der Waals surface area (Å²) >= 11 is 0. The Labute approximate surface area is 89.1 Å². The second-order valence-electron chi connectivity index (χ2n) is 3.82. The summed E-state index contributed by atoms with van der Waals surface area (Å²) in [4.78, 5) is 0. The van der Waals surface area contributed by atoms with Crippen LogP contribution < -0.4 is 10.4 Å². The van der Waals surface area contributed by atoms with E-state index in [1.54, 1.807) is 0 Å². The predicted octanol–water partition coefficient (Wildman–Crippen LogP) is -0.794. The van der Waals surface area contributed by atoms with Gasteiger partial charge in [-0.15, -0.1) is 0 Å². The highest BCUT2D eigenvalue weighted by Crippen LogP contribution is 2.11. The lowest BCUT2D eigenvalue weighted by molar-refractivity contribution is -0.868. The third-order valence-corrected chi connectivity index (χ3v) is 2.76. The lowest BCUT2D eigenvalue weighted by Crippen LogP contribution is -3.06. The first-order chi connectivity index (χ1) is 7.31. The Balaban J connectivity index is 2.09. The molecule has 2 atom stereocenters. The number of nitrogens with one attached hydrogen (secondary N) is 2. The first-order valence-corrected chi connectivity index (χ1v) is 5.27. The van der Waals surface area contributed by atoms with Crippen molar-refractivity contribution in [1.82, 2.24) is 5.32 Å². The average Bonchev–Trinajstić information content (AvgIpc) is 2.66. The SMILES string of the molecule is [O-][NH+]1CCNC1c1ccc(CCO)cc1. The molecule has 1 aliphatic heterocycles. The maximum Gasteiger partial charge on any atom is 0.167 e. The van der Waals surface area contributed by atoms with Gasteiger partial charge in [0.1, 0.15) is 0 Å². The van der Waals surface area contributed by atoms with Crippen LogP contribution in [0.3, 0.4) is 0 Å². The molecule has 0 saturated carbocycles. The van der Waals surface area contributed by atoms with Crippen LogP contribution >= 0.6 is 0 Å². The van der Waals surface area contributed by atoms with E-state index in [2.05, 4.69) is 5.32 Å². The molecule has 0 radical (unpaired) electrons. The molecule has 0 spiro atoms. The summed E-state index contributed by atoms with van der Waals surface area (Å²) in [5, 5.41) is 23.7. The summed E-state index contributed by atoms with van der Waals surface area (Å²) in [6.07, 6.45) is 0.556. The first kappa shape index (κ1) is 10.6. The molecular weight excluding hydrogens is 192 g/mol. The van der Waals surface area contributed by atoms with E-state index >= 15 is 0 Å². The van der Waals surface area contributed by atoms with E-state index in [1.807, 2.05) is 24.3 Å². The minimum absolute atomic E-state index is 0.117. The Morgan fingerprint density at radius 2 is 2.13 bits per heavy atom. The number of rotatable bonds is 3. The second-order valence-corrected chi connectivity index (χ2v) is 3.82. The molecule has 0 bridgehead atoms. The van der Waals surface area contributed by atoms with Crippen LogP contribution in [0.5, 0.6) is 0 Å². The summed E-state index contributed by atoms with van der Waals surface area (Å²) < 4.78 is 0. The molecule has 1 heterocycles. The Bertz CT molecular complexity index is 313. The largest absolute Gasteiger partial charge is 0.633 e. The van der Waals surface area contributed by atoms with Crippen LogP contribution in [0.15, 0.2) is 24.3 Å². The summed E-state index contributed by atoms with van der Waals surface area (Å²) in [7, 11) is 0. The van der Waals surface area contributed by atoms with Crippen LogP contribution in [0.2, 0.25) is 0 Å². The van der Waals surface area contributed by atoms with E-state index < -0.39 is 0 Å². The van der Waals surface area contributed by atoms with Gasteiger partial charge < -0.3 is 15.4 Å². The van der Waals surface area contributed by atoms with Crippen molar-refractivity contribution in [3.05, 3.63) is 40.6 Å². The summed E-state index contributed by atoms with van der Waals surface area (Å²) in [5.41, 5.74) is 2.13. The van der Waals surface area contributed by atoms with Crippen molar-refractivity contribution in [3.63, 3.8) is 0 Å². The molecule has 0 aromatic heterocycles. The van der Waals surface area contributed by atoms with Crippen molar-refractivity contribution < 1.29 is 10.2 Å². The van der Waals surface area contributed by atoms with Gasteiger partial charge in [-0.2, -0.15) is 0 Å². The molecule has 1 fully saturated rings. The van der Waals surface area contributed by atoms with Crippen molar-refractivity contribution in [2.75, 3.05) is 19.7 Å². The van der Waals surface area contributed by atoms with Gasteiger partial charge in [-0.1, -0.05) is 24.3 Å². The molecule has 15 heavy (non-hydrogen) atoms. The molecule has 0 aliphatic carbocycles. The second kappa shape index (κ2) is 4.72. The zero-order valence-corrected chi connectivity index (χ0v) is 8.57. The molecule has 0 amide bonds. The molecule has 2 rings (SSSR count). The number of quaternary nitrogens is 1. The molecule has 1 aromatic rings. The van der Waals surface area contributed by atoms with Gasteiger partial charge in [0.2, 0.25) is 0 Å². The fraction of sp³-hybridized carbons (Fsp3) is 0.455. The van der Waals surface area contributed by atoms with Crippen molar-refractivity contribution in [2.45, 2.75) is 12.6 Å². The van der Waals surface area contributed by atoms with Gasteiger partial charge in [0.15, 0.2) is 6.17 Å². The molecule has 1 aliphatic rings. The van der Waals surface area contributed by atoms with Gasteiger partial charge >= 0.3 is 0 Å². The zero-order valence-electron chi connectivity index (χ0n) is 8.57. The molecule has 4 nitrogen and oxygen atoms in total. The van der Waals surface area contributed by atoms with E-state index in [9.17, 15) is 5.21 Å². The highest BCUT2D eigenvalue weighted by molar-refractivity contribution is 5.24. The minimum atomic E-state index is -0.117. The normalized spacial score (nSPS) is 25.7. The van der Waals surface area contributed by atoms with E-state index in [1.165, 1.54) is 0 Å². The third kappa shape index (κ3) is 2.35. The Hall–Kier alpha value is -0.940. The minimum Gasteiger partial charge on any atom is -0.633 e. The number of benzene rings is 1. The number of hydroxylamine groups is 2. The molecule has 4 heteroatoms. The lowest BCUT2D eigenvalue weighted by Gasteiger charge is -2.23. The van der Waals surface area contributed by atoms with Crippen molar-refractivity contribution >= 4 is 0 Å². The van der Waals surface area contributed by atoms with Crippen molar-refractivity contribution in [2.24, 2.45) is 0 Å².